The maximum Gasteiger partial charge on any atom is 0.126 e. The minimum absolute atomic E-state index is 0.859. The van der Waals surface area contributed by atoms with Crippen molar-refractivity contribution in [3.63, 3.8) is 0 Å². The lowest BCUT2D eigenvalue weighted by atomic mass is 10.2. The molecule has 0 fully saturated rings. The lowest BCUT2D eigenvalue weighted by Crippen LogP contribution is -1.88. The van der Waals surface area contributed by atoms with Gasteiger partial charge in [-0.3, -0.25) is 0 Å². The Bertz CT molecular complexity index is 278. The van der Waals surface area contributed by atoms with E-state index in [0.29, 0.717) is 0 Å². The SMILES string of the molecule is c1cc(CCc2cnoc2)no1. The quantitative estimate of drug-likeness (QED) is 0.688. The van der Waals surface area contributed by atoms with Gasteiger partial charge in [-0.25, -0.2) is 0 Å². The molecule has 4 nitrogen and oxygen atoms in total. The Morgan fingerprint density at radius 2 is 2.25 bits per heavy atom. The predicted molar refractivity (Wildman–Crippen MR) is 40.4 cm³/mol. The van der Waals surface area contributed by atoms with Crippen molar-refractivity contribution < 1.29 is 9.05 Å². The van der Waals surface area contributed by atoms with Crippen LogP contribution >= 0.6 is 0 Å². The molecule has 0 aliphatic rings. The van der Waals surface area contributed by atoms with Crippen LogP contribution in [-0.4, -0.2) is 10.3 Å². The standard InChI is InChI=1S/C8H8N2O2/c1(7-5-9-12-6-7)2-8-3-4-11-10-8/h3-6H,1-2H2. The number of hydrogen-bond donors (Lipinski definition) is 0. The molecule has 0 aromatic carbocycles. The first-order chi connectivity index (χ1) is 5.95. The van der Waals surface area contributed by atoms with E-state index in [2.05, 4.69) is 10.3 Å². The molecule has 4 heteroatoms. The second-order valence-corrected chi connectivity index (χ2v) is 2.52. The summed E-state index contributed by atoms with van der Waals surface area (Å²) < 4.78 is 9.39. The smallest absolute Gasteiger partial charge is 0.126 e. The molecular formula is C8H8N2O2. The largest absolute Gasteiger partial charge is 0.365 e. The molecule has 0 unspecified atom stereocenters. The minimum Gasteiger partial charge on any atom is -0.365 e. The molecule has 0 amide bonds. The highest BCUT2D eigenvalue weighted by molar-refractivity contribution is 5.05. The highest BCUT2D eigenvalue weighted by atomic mass is 16.5. The molecule has 2 heterocycles. The van der Waals surface area contributed by atoms with E-state index in [0.717, 1.165) is 24.1 Å². The average molecular weight is 164 g/mol. The van der Waals surface area contributed by atoms with Crippen LogP contribution < -0.4 is 0 Å². The van der Waals surface area contributed by atoms with Crippen LogP contribution in [-0.2, 0) is 12.8 Å². The fourth-order valence-electron chi connectivity index (χ4n) is 0.989. The Morgan fingerprint density at radius 1 is 1.25 bits per heavy atom. The fourth-order valence-corrected chi connectivity index (χ4v) is 0.989. The Hall–Kier alpha value is -1.58. The summed E-state index contributed by atoms with van der Waals surface area (Å²) in [5, 5.41) is 7.39. The van der Waals surface area contributed by atoms with Gasteiger partial charge in [0.15, 0.2) is 0 Å². The van der Waals surface area contributed by atoms with Crippen molar-refractivity contribution in [2.45, 2.75) is 12.8 Å². The molecular weight excluding hydrogens is 156 g/mol. The third-order valence-corrected chi connectivity index (χ3v) is 1.64. The van der Waals surface area contributed by atoms with Crippen LogP contribution in [0, 0.1) is 0 Å². The van der Waals surface area contributed by atoms with E-state index in [1.54, 1.807) is 18.7 Å². The van der Waals surface area contributed by atoms with Gasteiger partial charge >= 0.3 is 0 Å². The second-order valence-electron chi connectivity index (χ2n) is 2.52. The van der Waals surface area contributed by atoms with Crippen molar-refractivity contribution in [1.82, 2.24) is 10.3 Å². The molecule has 0 aliphatic carbocycles. The van der Waals surface area contributed by atoms with Crippen molar-refractivity contribution in [1.29, 1.82) is 0 Å². The summed E-state index contributed by atoms with van der Waals surface area (Å²) in [5.41, 5.74) is 2.04. The van der Waals surface area contributed by atoms with Gasteiger partial charge < -0.3 is 9.05 Å². The van der Waals surface area contributed by atoms with E-state index < -0.39 is 0 Å². The normalized spacial score (nSPS) is 10.3. The summed E-state index contributed by atoms with van der Waals surface area (Å²) >= 11 is 0. The topological polar surface area (TPSA) is 52.1 Å². The van der Waals surface area contributed by atoms with Crippen molar-refractivity contribution in [2.75, 3.05) is 0 Å². The van der Waals surface area contributed by atoms with E-state index >= 15 is 0 Å². The third kappa shape index (κ3) is 1.53. The first kappa shape index (κ1) is 7.09. The lowest BCUT2D eigenvalue weighted by Gasteiger charge is -1.89. The monoisotopic (exact) mass is 164 g/mol. The molecule has 0 bridgehead atoms. The summed E-state index contributed by atoms with van der Waals surface area (Å²) in [6.07, 6.45) is 6.66. The number of hydrogen-bond acceptors (Lipinski definition) is 4. The van der Waals surface area contributed by atoms with Gasteiger partial charge in [-0.2, -0.15) is 0 Å². The Morgan fingerprint density at radius 3 is 2.92 bits per heavy atom. The van der Waals surface area contributed by atoms with Crippen LogP contribution in [0.1, 0.15) is 11.3 Å². The van der Waals surface area contributed by atoms with Gasteiger partial charge in [-0.05, 0) is 12.8 Å². The highest BCUT2D eigenvalue weighted by Crippen LogP contribution is 2.03. The Balaban J connectivity index is 1.91. The van der Waals surface area contributed by atoms with Gasteiger partial charge in [0, 0.05) is 11.6 Å². The van der Waals surface area contributed by atoms with Crippen LogP contribution in [0.15, 0.2) is 33.8 Å². The van der Waals surface area contributed by atoms with Crippen LogP contribution in [0.25, 0.3) is 0 Å². The number of nitrogens with zero attached hydrogens (tertiary/aromatic N) is 2. The highest BCUT2D eigenvalue weighted by Gasteiger charge is 1.99. The van der Waals surface area contributed by atoms with Crippen molar-refractivity contribution in [3.05, 3.63) is 36.0 Å². The summed E-state index contributed by atoms with van der Waals surface area (Å²) in [7, 11) is 0. The average Bonchev–Trinajstić information content (AvgIpc) is 2.74. The lowest BCUT2D eigenvalue weighted by molar-refractivity contribution is 0.411. The van der Waals surface area contributed by atoms with E-state index in [1.807, 2.05) is 6.07 Å². The maximum absolute atomic E-state index is 4.70. The molecule has 62 valence electrons. The molecule has 0 radical (unpaired) electrons. The molecule has 0 saturated carbocycles. The first-order valence-corrected chi connectivity index (χ1v) is 3.72. The number of rotatable bonds is 3. The molecule has 2 rings (SSSR count). The number of aryl methyl sites for hydroxylation is 2. The summed E-state index contributed by atoms with van der Waals surface area (Å²) in [6, 6.07) is 1.85. The molecule has 12 heavy (non-hydrogen) atoms. The van der Waals surface area contributed by atoms with E-state index in [4.69, 9.17) is 9.05 Å². The second kappa shape index (κ2) is 3.21. The number of aromatic nitrogens is 2. The maximum atomic E-state index is 4.70. The molecule has 0 spiro atoms. The van der Waals surface area contributed by atoms with Gasteiger partial charge in [-0.15, -0.1) is 0 Å². The molecule has 2 aromatic heterocycles. The van der Waals surface area contributed by atoms with Crippen molar-refractivity contribution >= 4 is 0 Å². The van der Waals surface area contributed by atoms with Crippen molar-refractivity contribution in [2.24, 2.45) is 0 Å². The molecule has 0 atom stereocenters. The molecule has 0 saturated heterocycles. The minimum atomic E-state index is 0.859. The van der Waals surface area contributed by atoms with E-state index in [1.165, 1.54) is 0 Å². The van der Waals surface area contributed by atoms with Crippen LogP contribution in [0.4, 0.5) is 0 Å². The van der Waals surface area contributed by atoms with Gasteiger partial charge in [0.2, 0.25) is 0 Å². The van der Waals surface area contributed by atoms with E-state index in [-0.39, 0.29) is 0 Å². The predicted octanol–water partition coefficient (Wildman–Crippen LogP) is 1.45. The first-order valence-electron chi connectivity index (χ1n) is 3.72. The Kier molecular flexibility index (Phi) is 1.90. The van der Waals surface area contributed by atoms with Crippen molar-refractivity contribution in [3.8, 4) is 0 Å². The zero-order valence-corrected chi connectivity index (χ0v) is 6.43. The zero-order valence-electron chi connectivity index (χ0n) is 6.43. The molecule has 0 aliphatic heterocycles. The van der Waals surface area contributed by atoms with Gasteiger partial charge in [0.25, 0.3) is 0 Å². The fraction of sp³-hybridized carbons (Fsp3) is 0.250. The molecule has 0 N–H and O–H groups in total. The summed E-state index contributed by atoms with van der Waals surface area (Å²) in [6.45, 7) is 0. The summed E-state index contributed by atoms with van der Waals surface area (Å²) in [4.78, 5) is 0. The van der Waals surface area contributed by atoms with E-state index in [9.17, 15) is 0 Å². The van der Waals surface area contributed by atoms with Gasteiger partial charge in [0.1, 0.15) is 12.5 Å². The van der Waals surface area contributed by atoms with Crippen LogP contribution in [0.3, 0.4) is 0 Å². The Labute approximate surface area is 69.1 Å². The molecule has 2 aromatic rings. The zero-order chi connectivity index (χ0) is 8.23. The van der Waals surface area contributed by atoms with Gasteiger partial charge in [0.05, 0.1) is 11.9 Å². The summed E-state index contributed by atoms with van der Waals surface area (Å²) in [5.74, 6) is 0. The third-order valence-electron chi connectivity index (χ3n) is 1.64. The van der Waals surface area contributed by atoms with Gasteiger partial charge in [-0.1, -0.05) is 10.3 Å². The van der Waals surface area contributed by atoms with Crippen LogP contribution in [0.5, 0.6) is 0 Å². The van der Waals surface area contributed by atoms with Crippen LogP contribution in [0.2, 0.25) is 0 Å².